The van der Waals surface area contributed by atoms with Gasteiger partial charge in [0.2, 0.25) is 0 Å². The lowest BCUT2D eigenvalue weighted by atomic mass is 9.99. The highest BCUT2D eigenvalue weighted by Gasteiger charge is 2.11. The average Bonchev–Trinajstić information content (AvgIpc) is 3.01. The Morgan fingerprint density at radius 1 is 1.27 bits per heavy atom. The minimum Gasteiger partial charge on any atom is -0.482 e. The minimum atomic E-state index is -0.294. The third-order valence-electron chi connectivity index (χ3n) is 4.09. The van der Waals surface area contributed by atoms with Crippen molar-refractivity contribution in [2.24, 2.45) is 0 Å². The second-order valence-corrected chi connectivity index (χ2v) is 7.84. The molecule has 0 spiro atoms. The second-order valence-electron chi connectivity index (χ2n) is 5.97. The van der Waals surface area contributed by atoms with Crippen LogP contribution in [-0.2, 0) is 4.79 Å². The smallest absolute Gasteiger partial charge is 0.264 e. The van der Waals surface area contributed by atoms with E-state index in [2.05, 4.69) is 36.3 Å². The van der Waals surface area contributed by atoms with E-state index in [1.165, 1.54) is 16.9 Å². The molecular formula is C19H18Cl2N2O2S. The first-order valence-electron chi connectivity index (χ1n) is 8.24. The Labute approximate surface area is 166 Å². The Morgan fingerprint density at radius 3 is 2.81 bits per heavy atom. The van der Waals surface area contributed by atoms with Gasteiger partial charge >= 0.3 is 0 Å². The molecule has 1 unspecified atom stereocenters. The van der Waals surface area contributed by atoms with E-state index in [1.54, 1.807) is 18.2 Å². The van der Waals surface area contributed by atoms with Crippen molar-refractivity contribution in [3.05, 3.63) is 52.0 Å². The number of nitrogens with zero attached hydrogens (tertiary/aromatic N) is 1. The summed E-state index contributed by atoms with van der Waals surface area (Å²) < 4.78 is 6.49. The van der Waals surface area contributed by atoms with Crippen LogP contribution in [0.3, 0.4) is 0 Å². The van der Waals surface area contributed by atoms with Gasteiger partial charge in [-0.15, -0.1) is 0 Å². The standard InChI is InChI=1S/C19H18Cl2N2O2S/c1-3-11(2)12-4-6-15-17(8-12)26-19(22-15)23-18(24)10-25-16-7-5-13(20)9-14(16)21/h4-9,11H,3,10H2,1-2H3,(H,22,23,24). The summed E-state index contributed by atoms with van der Waals surface area (Å²) >= 11 is 13.3. The van der Waals surface area contributed by atoms with E-state index in [-0.39, 0.29) is 12.5 Å². The van der Waals surface area contributed by atoms with E-state index in [0.717, 1.165) is 16.6 Å². The number of halogens is 2. The van der Waals surface area contributed by atoms with Gasteiger partial charge in [0.1, 0.15) is 5.75 Å². The molecular weight excluding hydrogens is 391 g/mol. The Bertz CT molecular complexity index is 942. The molecule has 3 rings (SSSR count). The number of thiazole rings is 1. The fourth-order valence-corrected chi connectivity index (χ4v) is 3.82. The Hall–Kier alpha value is -1.82. The summed E-state index contributed by atoms with van der Waals surface area (Å²) in [6.45, 7) is 4.21. The molecule has 0 saturated heterocycles. The zero-order valence-electron chi connectivity index (χ0n) is 14.4. The molecule has 3 aromatic rings. The summed E-state index contributed by atoms with van der Waals surface area (Å²) in [7, 11) is 0. The van der Waals surface area contributed by atoms with Gasteiger partial charge < -0.3 is 4.74 Å². The summed E-state index contributed by atoms with van der Waals surface area (Å²) in [5, 5.41) is 4.20. The van der Waals surface area contributed by atoms with Crippen LogP contribution in [0.2, 0.25) is 10.0 Å². The first-order chi connectivity index (χ1) is 12.5. The number of hydrogen-bond acceptors (Lipinski definition) is 4. The quantitative estimate of drug-likeness (QED) is 0.533. The largest absolute Gasteiger partial charge is 0.482 e. The number of carbonyl (C=O) groups is 1. The van der Waals surface area contributed by atoms with Gasteiger partial charge in [0, 0.05) is 5.02 Å². The molecule has 0 aliphatic rings. The lowest BCUT2D eigenvalue weighted by molar-refractivity contribution is -0.118. The number of aromatic nitrogens is 1. The predicted molar refractivity (Wildman–Crippen MR) is 109 cm³/mol. The van der Waals surface area contributed by atoms with Crippen molar-refractivity contribution in [1.82, 2.24) is 4.98 Å². The maximum Gasteiger partial charge on any atom is 0.264 e. The van der Waals surface area contributed by atoms with Gasteiger partial charge in [-0.2, -0.15) is 0 Å². The predicted octanol–water partition coefficient (Wildman–Crippen LogP) is 6.13. The van der Waals surface area contributed by atoms with Crippen molar-refractivity contribution in [3.8, 4) is 5.75 Å². The monoisotopic (exact) mass is 408 g/mol. The van der Waals surface area contributed by atoms with Gasteiger partial charge in [0.25, 0.3) is 5.91 Å². The molecule has 0 aliphatic carbocycles. The van der Waals surface area contributed by atoms with E-state index in [1.807, 2.05) is 6.07 Å². The second kappa shape index (κ2) is 8.25. The van der Waals surface area contributed by atoms with Crippen LogP contribution >= 0.6 is 34.5 Å². The Kier molecular flexibility index (Phi) is 6.01. The van der Waals surface area contributed by atoms with Crippen LogP contribution in [0.5, 0.6) is 5.75 Å². The van der Waals surface area contributed by atoms with Crippen LogP contribution in [-0.4, -0.2) is 17.5 Å². The lowest BCUT2D eigenvalue weighted by Crippen LogP contribution is -2.20. The van der Waals surface area contributed by atoms with Crippen molar-refractivity contribution < 1.29 is 9.53 Å². The number of carbonyl (C=O) groups excluding carboxylic acids is 1. The molecule has 0 radical (unpaired) electrons. The zero-order chi connectivity index (χ0) is 18.7. The number of fused-ring (bicyclic) bond motifs is 1. The minimum absolute atomic E-state index is 0.157. The van der Waals surface area contributed by atoms with Gasteiger partial charge in [-0.1, -0.05) is 54.5 Å². The molecule has 0 aliphatic heterocycles. The lowest BCUT2D eigenvalue weighted by Gasteiger charge is -2.07. The Balaban J connectivity index is 1.65. The van der Waals surface area contributed by atoms with Crippen LogP contribution < -0.4 is 10.1 Å². The molecule has 0 saturated carbocycles. The Morgan fingerprint density at radius 2 is 2.08 bits per heavy atom. The molecule has 1 heterocycles. The first-order valence-corrected chi connectivity index (χ1v) is 9.81. The zero-order valence-corrected chi connectivity index (χ0v) is 16.7. The normalized spacial score (nSPS) is 12.2. The van der Waals surface area contributed by atoms with Crippen LogP contribution in [0, 0.1) is 0 Å². The molecule has 0 fully saturated rings. The molecule has 1 N–H and O–H groups in total. The van der Waals surface area contributed by atoms with E-state index in [9.17, 15) is 4.79 Å². The summed E-state index contributed by atoms with van der Waals surface area (Å²) in [6.07, 6.45) is 1.08. The SMILES string of the molecule is CCC(C)c1ccc2nc(NC(=O)COc3ccc(Cl)cc3Cl)sc2c1. The average molecular weight is 409 g/mol. The van der Waals surface area contributed by atoms with Gasteiger partial charge in [0.05, 0.1) is 15.2 Å². The number of nitrogens with one attached hydrogen (secondary N) is 1. The highest BCUT2D eigenvalue weighted by molar-refractivity contribution is 7.22. The number of rotatable bonds is 6. The van der Waals surface area contributed by atoms with Crippen molar-refractivity contribution in [2.45, 2.75) is 26.2 Å². The van der Waals surface area contributed by atoms with Gasteiger partial charge in [-0.3, -0.25) is 10.1 Å². The fourth-order valence-electron chi connectivity index (χ4n) is 2.43. The van der Waals surface area contributed by atoms with Crippen molar-refractivity contribution in [3.63, 3.8) is 0 Å². The maximum absolute atomic E-state index is 12.1. The molecule has 1 atom stereocenters. The third-order valence-corrected chi connectivity index (χ3v) is 5.56. The summed E-state index contributed by atoms with van der Waals surface area (Å²) in [4.78, 5) is 16.6. The van der Waals surface area contributed by atoms with Crippen molar-refractivity contribution in [2.75, 3.05) is 11.9 Å². The molecule has 1 aromatic heterocycles. The number of anilines is 1. The molecule has 4 nitrogen and oxygen atoms in total. The summed E-state index contributed by atoms with van der Waals surface area (Å²) in [5.41, 5.74) is 2.15. The molecule has 136 valence electrons. The van der Waals surface area contributed by atoms with Gasteiger partial charge in [0.15, 0.2) is 11.7 Å². The molecule has 0 bridgehead atoms. The molecule has 7 heteroatoms. The molecule has 26 heavy (non-hydrogen) atoms. The van der Waals surface area contributed by atoms with Crippen LogP contribution in [0.25, 0.3) is 10.2 Å². The maximum atomic E-state index is 12.1. The van der Waals surface area contributed by atoms with E-state index in [4.69, 9.17) is 27.9 Å². The van der Waals surface area contributed by atoms with Gasteiger partial charge in [-0.25, -0.2) is 4.98 Å². The molecule has 1 amide bonds. The fraction of sp³-hybridized carbons (Fsp3) is 0.263. The van der Waals surface area contributed by atoms with E-state index < -0.39 is 0 Å². The number of amides is 1. The highest BCUT2D eigenvalue weighted by Crippen LogP contribution is 2.30. The van der Waals surface area contributed by atoms with Crippen LogP contribution in [0.4, 0.5) is 5.13 Å². The third kappa shape index (κ3) is 4.47. The van der Waals surface area contributed by atoms with Crippen LogP contribution in [0.1, 0.15) is 31.7 Å². The van der Waals surface area contributed by atoms with Crippen LogP contribution in [0.15, 0.2) is 36.4 Å². The number of benzene rings is 2. The van der Waals surface area contributed by atoms with Crippen molar-refractivity contribution in [1.29, 1.82) is 0 Å². The van der Waals surface area contributed by atoms with Gasteiger partial charge in [-0.05, 0) is 48.2 Å². The number of hydrogen-bond donors (Lipinski definition) is 1. The summed E-state index contributed by atoms with van der Waals surface area (Å²) in [5.74, 6) is 0.614. The molecule has 2 aromatic carbocycles. The highest BCUT2D eigenvalue weighted by atomic mass is 35.5. The summed E-state index contributed by atoms with van der Waals surface area (Å²) in [6, 6.07) is 11.1. The first kappa shape index (κ1) is 19.0. The topological polar surface area (TPSA) is 51.2 Å². The number of ether oxygens (including phenoxy) is 1. The van der Waals surface area contributed by atoms with Crippen molar-refractivity contribution >= 4 is 55.8 Å². The van der Waals surface area contributed by atoms with E-state index in [0.29, 0.717) is 26.8 Å². The van der Waals surface area contributed by atoms with E-state index >= 15 is 0 Å².